The largest absolute Gasteiger partial charge is 0.482 e. The zero-order valence-electron chi connectivity index (χ0n) is 10.7. The quantitative estimate of drug-likeness (QED) is 0.853. The van der Waals surface area contributed by atoms with Gasteiger partial charge in [-0.2, -0.15) is 5.10 Å². The van der Waals surface area contributed by atoms with Crippen molar-refractivity contribution in [2.75, 3.05) is 11.9 Å². The van der Waals surface area contributed by atoms with Crippen LogP contribution < -0.4 is 10.1 Å². The first-order valence-corrected chi connectivity index (χ1v) is 5.80. The van der Waals surface area contributed by atoms with Crippen LogP contribution in [-0.2, 0) is 11.8 Å². The fraction of sp³-hybridized carbons (Fsp3) is 0.154. The fourth-order valence-electron chi connectivity index (χ4n) is 1.51. The minimum Gasteiger partial charge on any atom is -0.482 e. The molecule has 2 aromatic rings. The van der Waals surface area contributed by atoms with Crippen molar-refractivity contribution >= 4 is 17.6 Å². The van der Waals surface area contributed by atoms with E-state index in [0.29, 0.717) is 17.1 Å². The van der Waals surface area contributed by atoms with Crippen LogP contribution in [0.2, 0.25) is 0 Å². The summed E-state index contributed by atoms with van der Waals surface area (Å²) in [5.74, 6) is -0.939. The zero-order valence-corrected chi connectivity index (χ0v) is 10.7. The van der Waals surface area contributed by atoms with Gasteiger partial charge in [0.1, 0.15) is 5.75 Å². The Balaban J connectivity index is 1.96. The third-order valence-electron chi connectivity index (χ3n) is 2.42. The molecule has 0 saturated heterocycles. The monoisotopic (exact) mass is 275 g/mol. The molecule has 1 heterocycles. The van der Waals surface area contributed by atoms with E-state index in [0.717, 1.165) is 0 Å². The average Bonchev–Trinajstić information content (AvgIpc) is 2.85. The van der Waals surface area contributed by atoms with Crippen LogP contribution in [0, 0.1) is 0 Å². The molecule has 7 heteroatoms. The number of amides is 1. The first-order chi connectivity index (χ1) is 9.54. The lowest BCUT2D eigenvalue weighted by atomic mass is 10.3. The molecule has 1 aromatic carbocycles. The number of rotatable bonds is 5. The van der Waals surface area contributed by atoms with E-state index in [9.17, 15) is 9.59 Å². The Labute approximate surface area is 114 Å². The third kappa shape index (κ3) is 3.58. The molecular formula is C13H13N3O4. The number of carboxylic acids is 1. The van der Waals surface area contributed by atoms with E-state index in [2.05, 4.69) is 10.4 Å². The third-order valence-corrected chi connectivity index (χ3v) is 2.42. The highest BCUT2D eigenvalue weighted by Gasteiger charge is 2.09. The van der Waals surface area contributed by atoms with Gasteiger partial charge in [0.15, 0.2) is 12.3 Å². The number of carbonyl (C=O) groups is 2. The number of aromatic nitrogens is 2. The van der Waals surface area contributed by atoms with Crippen molar-refractivity contribution in [1.82, 2.24) is 9.78 Å². The SMILES string of the molecule is Cn1ccc(C(=O)Nc2ccc(OCC(=O)O)cc2)n1. The zero-order chi connectivity index (χ0) is 14.5. The molecule has 0 bridgehead atoms. The number of nitrogens with one attached hydrogen (secondary N) is 1. The molecule has 0 aliphatic rings. The lowest BCUT2D eigenvalue weighted by Gasteiger charge is -2.06. The molecule has 20 heavy (non-hydrogen) atoms. The molecule has 2 rings (SSSR count). The minimum atomic E-state index is -1.04. The summed E-state index contributed by atoms with van der Waals surface area (Å²) in [6.07, 6.45) is 1.68. The smallest absolute Gasteiger partial charge is 0.341 e. The highest BCUT2D eigenvalue weighted by atomic mass is 16.5. The van der Waals surface area contributed by atoms with E-state index in [1.807, 2.05) is 0 Å². The van der Waals surface area contributed by atoms with Gasteiger partial charge in [-0.1, -0.05) is 0 Å². The standard InChI is InChI=1S/C13H13N3O4/c1-16-7-6-11(15-16)13(19)14-9-2-4-10(5-3-9)20-8-12(17)18/h2-7H,8H2,1H3,(H,14,19)(H,17,18). The van der Waals surface area contributed by atoms with Gasteiger partial charge in [-0.25, -0.2) is 4.79 Å². The van der Waals surface area contributed by atoms with Crippen molar-refractivity contribution in [2.24, 2.45) is 7.05 Å². The van der Waals surface area contributed by atoms with Crippen molar-refractivity contribution in [1.29, 1.82) is 0 Å². The van der Waals surface area contributed by atoms with Crippen LogP contribution in [0.4, 0.5) is 5.69 Å². The lowest BCUT2D eigenvalue weighted by molar-refractivity contribution is -0.139. The average molecular weight is 275 g/mol. The molecule has 0 saturated carbocycles. The van der Waals surface area contributed by atoms with Gasteiger partial charge in [-0.05, 0) is 30.3 Å². The number of carboxylic acid groups (broad SMARTS) is 1. The number of anilines is 1. The van der Waals surface area contributed by atoms with Crippen molar-refractivity contribution in [3.8, 4) is 5.75 Å². The van der Waals surface area contributed by atoms with E-state index in [4.69, 9.17) is 9.84 Å². The topological polar surface area (TPSA) is 93.5 Å². The molecule has 104 valence electrons. The molecule has 2 N–H and O–H groups in total. The second-order valence-electron chi connectivity index (χ2n) is 4.04. The highest BCUT2D eigenvalue weighted by molar-refractivity contribution is 6.02. The molecule has 0 atom stereocenters. The Morgan fingerprint density at radius 2 is 2.00 bits per heavy atom. The maximum absolute atomic E-state index is 11.8. The number of ether oxygens (including phenoxy) is 1. The molecule has 0 spiro atoms. The Bertz CT molecular complexity index is 619. The summed E-state index contributed by atoms with van der Waals surface area (Å²) in [6.45, 7) is -0.403. The van der Waals surface area contributed by atoms with Crippen LogP contribution in [-0.4, -0.2) is 33.4 Å². The summed E-state index contributed by atoms with van der Waals surface area (Å²) >= 11 is 0. The van der Waals surface area contributed by atoms with E-state index in [1.165, 1.54) is 4.68 Å². The summed E-state index contributed by atoms with van der Waals surface area (Å²) in [5, 5.41) is 15.2. The van der Waals surface area contributed by atoms with Crippen molar-refractivity contribution < 1.29 is 19.4 Å². The molecule has 7 nitrogen and oxygen atoms in total. The highest BCUT2D eigenvalue weighted by Crippen LogP contribution is 2.16. The number of benzene rings is 1. The number of aliphatic carboxylic acids is 1. The molecule has 0 fully saturated rings. The van der Waals surface area contributed by atoms with Gasteiger partial charge in [-0.15, -0.1) is 0 Å². The van der Waals surface area contributed by atoms with Crippen LogP contribution >= 0.6 is 0 Å². The molecule has 1 aromatic heterocycles. The summed E-state index contributed by atoms with van der Waals surface area (Å²) < 4.78 is 6.53. The molecule has 0 unspecified atom stereocenters. The maximum Gasteiger partial charge on any atom is 0.341 e. The lowest BCUT2D eigenvalue weighted by Crippen LogP contribution is -2.13. The number of nitrogens with zero attached hydrogens (tertiary/aromatic N) is 2. The molecule has 0 aliphatic carbocycles. The summed E-state index contributed by atoms with van der Waals surface area (Å²) in [5.41, 5.74) is 0.891. The van der Waals surface area contributed by atoms with Crippen LogP contribution in [0.5, 0.6) is 5.75 Å². The Kier molecular flexibility index (Phi) is 3.99. The number of hydrogen-bond acceptors (Lipinski definition) is 4. The number of hydrogen-bond donors (Lipinski definition) is 2. The first-order valence-electron chi connectivity index (χ1n) is 5.80. The number of aryl methyl sites for hydroxylation is 1. The molecule has 0 aliphatic heterocycles. The van der Waals surface area contributed by atoms with E-state index in [-0.39, 0.29) is 5.91 Å². The van der Waals surface area contributed by atoms with Crippen molar-refractivity contribution in [3.05, 3.63) is 42.2 Å². The fourth-order valence-corrected chi connectivity index (χ4v) is 1.51. The molecular weight excluding hydrogens is 262 g/mol. The first kappa shape index (κ1) is 13.6. The predicted molar refractivity (Wildman–Crippen MR) is 70.7 cm³/mol. The minimum absolute atomic E-state index is 0.315. The van der Waals surface area contributed by atoms with Gasteiger partial charge >= 0.3 is 5.97 Å². The summed E-state index contributed by atoms with van der Waals surface area (Å²) in [4.78, 5) is 22.2. The Hall–Kier alpha value is -2.83. The van der Waals surface area contributed by atoms with Gasteiger partial charge in [0.2, 0.25) is 0 Å². The Morgan fingerprint density at radius 3 is 2.55 bits per heavy atom. The normalized spacial score (nSPS) is 10.1. The summed E-state index contributed by atoms with van der Waals surface area (Å²) in [7, 11) is 1.73. The van der Waals surface area contributed by atoms with Gasteiger partial charge in [0.25, 0.3) is 5.91 Å². The van der Waals surface area contributed by atoms with E-state index >= 15 is 0 Å². The van der Waals surface area contributed by atoms with Crippen molar-refractivity contribution in [2.45, 2.75) is 0 Å². The van der Waals surface area contributed by atoms with Crippen molar-refractivity contribution in [3.63, 3.8) is 0 Å². The second kappa shape index (κ2) is 5.87. The van der Waals surface area contributed by atoms with Gasteiger partial charge in [0.05, 0.1) is 0 Å². The second-order valence-corrected chi connectivity index (χ2v) is 4.04. The molecule has 0 radical (unpaired) electrons. The van der Waals surface area contributed by atoms with E-state index < -0.39 is 12.6 Å². The van der Waals surface area contributed by atoms with Gasteiger partial charge < -0.3 is 15.2 Å². The molecule has 1 amide bonds. The van der Waals surface area contributed by atoms with E-state index in [1.54, 1.807) is 43.6 Å². The van der Waals surface area contributed by atoms with Crippen LogP contribution in [0.15, 0.2) is 36.5 Å². The Morgan fingerprint density at radius 1 is 1.30 bits per heavy atom. The predicted octanol–water partition coefficient (Wildman–Crippen LogP) is 1.14. The number of carbonyl (C=O) groups excluding carboxylic acids is 1. The van der Waals surface area contributed by atoms with Gasteiger partial charge in [-0.3, -0.25) is 9.48 Å². The maximum atomic E-state index is 11.8. The van der Waals surface area contributed by atoms with Crippen LogP contribution in [0.25, 0.3) is 0 Å². The van der Waals surface area contributed by atoms with Gasteiger partial charge in [0, 0.05) is 18.9 Å². The van der Waals surface area contributed by atoms with Crippen LogP contribution in [0.1, 0.15) is 10.5 Å². The van der Waals surface area contributed by atoms with Crippen LogP contribution in [0.3, 0.4) is 0 Å². The summed E-state index contributed by atoms with van der Waals surface area (Å²) in [6, 6.07) is 8.02.